The average molecular weight is 409 g/mol. The van der Waals surface area contributed by atoms with E-state index in [0.29, 0.717) is 5.56 Å². The lowest BCUT2D eigenvalue weighted by Crippen LogP contribution is -2.52. The summed E-state index contributed by atoms with van der Waals surface area (Å²) in [5, 5.41) is 0.938. The van der Waals surface area contributed by atoms with Crippen LogP contribution >= 0.6 is 0 Å². The summed E-state index contributed by atoms with van der Waals surface area (Å²) < 4.78 is 0. The third-order valence-corrected chi connectivity index (χ3v) is 7.18. The molecular weight excluding hydrogens is 390 g/mol. The zero-order valence-electron chi connectivity index (χ0n) is 16.8. The number of benzene rings is 2. The first-order chi connectivity index (χ1) is 15.0. The number of amides is 3. The highest BCUT2D eigenvalue weighted by molar-refractivity contribution is 6.10. The van der Waals surface area contributed by atoms with E-state index < -0.39 is 23.2 Å². The van der Waals surface area contributed by atoms with Crippen LogP contribution in [-0.4, -0.2) is 27.7 Å². The standard InChI is InChI=1S/C25H19N3O3/c1-25-17-10-4-2-8-15(17)19(16-9-3-5-11-18(16)25)20-21(25)24(31)28(23(20)30)27-22(29)14-7-6-12-26-13-14/h2-13,19-21H,1H3,(H,27,29)/t19?,20-,21-,25?/m1/s1. The Morgan fingerprint density at radius 2 is 1.58 bits per heavy atom. The molecule has 3 aromatic rings. The molecule has 31 heavy (non-hydrogen) atoms. The molecule has 2 aromatic carbocycles. The Kier molecular flexibility index (Phi) is 3.55. The summed E-state index contributed by atoms with van der Waals surface area (Å²) in [4.78, 5) is 43.8. The fourth-order valence-corrected chi connectivity index (χ4v) is 5.92. The molecule has 0 unspecified atom stereocenters. The molecule has 1 saturated heterocycles. The molecule has 3 amide bonds. The Morgan fingerprint density at radius 1 is 0.935 bits per heavy atom. The van der Waals surface area contributed by atoms with Crippen LogP contribution in [-0.2, 0) is 15.0 Å². The lowest BCUT2D eigenvalue weighted by Gasteiger charge is -2.52. The number of pyridine rings is 1. The second-order valence-electron chi connectivity index (χ2n) is 8.55. The molecule has 4 aliphatic rings. The normalized spacial score (nSPS) is 27.5. The van der Waals surface area contributed by atoms with Gasteiger partial charge in [0, 0.05) is 23.7 Å². The van der Waals surface area contributed by atoms with Gasteiger partial charge in [0.05, 0.1) is 17.4 Å². The van der Waals surface area contributed by atoms with Gasteiger partial charge in [0.15, 0.2) is 0 Å². The SMILES string of the molecule is CC12c3ccccc3C(c3ccccc31)[C@H]1C(=O)N(NC(=O)c3cccnc3)C(=O)[C@@H]12. The van der Waals surface area contributed by atoms with Crippen molar-refractivity contribution in [2.24, 2.45) is 11.8 Å². The highest BCUT2D eigenvalue weighted by atomic mass is 16.2. The van der Waals surface area contributed by atoms with Crippen molar-refractivity contribution in [3.05, 3.63) is 101 Å². The maximum Gasteiger partial charge on any atom is 0.271 e. The van der Waals surface area contributed by atoms with Gasteiger partial charge in [-0.25, -0.2) is 0 Å². The van der Waals surface area contributed by atoms with Gasteiger partial charge in [-0.1, -0.05) is 55.5 Å². The quantitative estimate of drug-likeness (QED) is 0.660. The van der Waals surface area contributed by atoms with Gasteiger partial charge < -0.3 is 0 Å². The molecule has 6 heteroatoms. The Morgan fingerprint density at radius 3 is 2.19 bits per heavy atom. The molecule has 1 N–H and O–H groups in total. The number of nitrogens with one attached hydrogen (secondary N) is 1. The summed E-state index contributed by atoms with van der Waals surface area (Å²) in [6.45, 7) is 2.05. The minimum absolute atomic E-state index is 0.212. The highest BCUT2D eigenvalue weighted by Crippen LogP contribution is 2.63. The molecule has 1 aliphatic heterocycles. The van der Waals surface area contributed by atoms with E-state index in [1.54, 1.807) is 18.3 Å². The van der Waals surface area contributed by atoms with E-state index in [2.05, 4.69) is 41.6 Å². The number of hydrazine groups is 1. The number of imide groups is 1. The number of carbonyl (C=O) groups excluding carboxylic acids is 3. The maximum atomic E-state index is 13.6. The van der Waals surface area contributed by atoms with E-state index in [0.717, 1.165) is 27.3 Å². The van der Waals surface area contributed by atoms with Crippen LogP contribution in [0.1, 0.15) is 45.5 Å². The zero-order chi connectivity index (χ0) is 21.3. The van der Waals surface area contributed by atoms with Gasteiger partial charge in [0.1, 0.15) is 0 Å². The Bertz CT molecular complexity index is 1220. The molecule has 2 bridgehead atoms. The first-order valence-electron chi connectivity index (χ1n) is 10.3. The van der Waals surface area contributed by atoms with E-state index in [4.69, 9.17) is 0 Å². The largest absolute Gasteiger partial charge is 0.272 e. The smallest absolute Gasteiger partial charge is 0.271 e. The van der Waals surface area contributed by atoms with Gasteiger partial charge in [-0.2, -0.15) is 5.01 Å². The number of hydrogen-bond acceptors (Lipinski definition) is 4. The third-order valence-electron chi connectivity index (χ3n) is 7.18. The van der Waals surface area contributed by atoms with Crippen molar-refractivity contribution in [3.8, 4) is 0 Å². The Balaban J connectivity index is 1.48. The Hall–Kier alpha value is -3.80. The van der Waals surface area contributed by atoms with Crippen molar-refractivity contribution >= 4 is 17.7 Å². The number of rotatable bonds is 2. The van der Waals surface area contributed by atoms with Crippen LogP contribution < -0.4 is 5.43 Å². The average Bonchev–Trinajstić information content (AvgIpc) is 3.06. The topological polar surface area (TPSA) is 79.4 Å². The molecule has 2 atom stereocenters. The second kappa shape index (κ2) is 6.11. The van der Waals surface area contributed by atoms with Crippen molar-refractivity contribution in [1.29, 1.82) is 0 Å². The third kappa shape index (κ3) is 2.16. The molecule has 0 spiro atoms. The van der Waals surface area contributed by atoms with E-state index >= 15 is 0 Å². The van der Waals surface area contributed by atoms with Crippen LogP contribution in [0.15, 0.2) is 73.1 Å². The van der Waals surface area contributed by atoms with Crippen LogP contribution in [0, 0.1) is 11.8 Å². The monoisotopic (exact) mass is 409 g/mol. The molecule has 0 radical (unpaired) electrons. The van der Waals surface area contributed by atoms with Crippen molar-refractivity contribution < 1.29 is 14.4 Å². The highest BCUT2D eigenvalue weighted by Gasteiger charge is 2.66. The summed E-state index contributed by atoms with van der Waals surface area (Å²) in [6.07, 6.45) is 2.97. The van der Waals surface area contributed by atoms with Crippen molar-refractivity contribution in [2.75, 3.05) is 0 Å². The molecule has 1 aromatic heterocycles. The minimum atomic E-state index is -0.646. The summed E-state index contributed by atoms with van der Waals surface area (Å²) in [6, 6.07) is 19.4. The summed E-state index contributed by atoms with van der Waals surface area (Å²) in [5.74, 6) is -2.56. The molecular formula is C25H19N3O3. The van der Waals surface area contributed by atoms with E-state index in [9.17, 15) is 14.4 Å². The van der Waals surface area contributed by atoms with Crippen molar-refractivity contribution in [3.63, 3.8) is 0 Å². The molecule has 7 rings (SSSR count). The second-order valence-corrected chi connectivity index (χ2v) is 8.55. The molecule has 6 nitrogen and oxygen atoms in total. The van der Waals surface area contributed by atoms with Gasteiger partial charge in [0.25, 0.3) is 17.7 Å². The van der Waals surface area contributed by atoms with E-state index in [1.165, 1.54) is 6.20 Å². The molecule has 152 valence electrons. The van der Waals surface area contributed by atoms with Gasteiger partial charge >= 0.3 is 0 Å². The maximum absolute atomic E-state index is 13.6. The minimum Gasteiger partial charge on any atom is -0.272 e. The summed E-state index contributed by atoms with van der Waals surface area (Å²) >= 11 is 0. The van der Waals surface area contributed by atoms with E-state index in [-0.39, 0.29) is 17.7 Å². The number of nitrogens with zero attached hydrogens (tertiary/aromatic N) is 2. The van der Waals surface area contributed by atoms with Crippen LogP contribution in [0.25, 0.3) is 0 Å². The summed E-state index contributed by atoms with van der Waals surface area (Å²) in [5.41, 5.74) is 6.54. The van der Waals surface area contributed by atoms with Crippen LogP contribution in [0.2, 0.25) is 0 Å². The fraction of sp³-hybridized carbons (Fsp3) is 0.200. The predicted octanol–water partition coefficient (Wildman–Crippen LogP) is 2.79. The van der Waals surface area contributed by atoms with Crippen LogP contribution in [0.5, 0.6) is 0 Å². The molecule has 0 saturated carbocycles. The van der Waals surface area contributed by atoms with Gasteiger partial charge in [-0.3, -0.25) is 24.8 Å². The number of carbonyl (C=O) groups is 3. The fourth-order valence-electron chi connectivity index (χ4n) is 5.92. The summed E-state index contributed by atoms with van der Waals surface area (Å²) in [7, 11) is 0. The van der Waals surface area contributed by atoms with E-state index in [1.807, 2.05) is 24.3 Å². The van der Waals surface area contributed by atoms with Crippen LogP contribution in [0.3, 0.4) is 0 Å². The van der Waals surface area contributed by atoms with Crippen molar-refractivity contribution in [1.82, 2.24) is 15.4 Å². The zero-order valence-corrected chi connectivity index (χ0v) is 16.8. The first kappa shape index (κ1) is 18.0. The van der Waals surface area contributed by atoms with Gasteiger partial charge in [-0.05, 0) is 34.4 Å². The van der Waals surface area contributed by atoms with Crippen molar-refractivity contribution in [2.45, 2.75) is 18.3 Å². The van der Waals surface area contributed by atoms with Gasteiger partial charge in [0.2, 0.25) is 0 Å². The number of aromatic nitrogens is 1. The van der Waals surface area contributed by atoms with Gasteiger partial charge in [-0.15, -0.1) is 0 Å². The van der Waals surface area contributed by atoms with Crippen LogP contribution in [0.4, 0.5) is 0 Å². The molecule has 2 heterocycles. The first-order valence-corrected chi connectivity index (χ1v) is 10.3. The lowest BCUT2D eigenvalue weighted by atomic mass is 9.48. The Labute approximate surface area is 178 Å². The number of hydrogen-bond donors (Lipinski definition) is 1. The predicted molar refractivity (Wildman–Crippen MR) is 112 cm³/mol. The molecule has 1 fully saturated rings. The molecule has 3 aliphatic carbocycles. The lowest BCUT2D eigenvalue weighted by molar-refractivity contribution is -0.143.